The first kappa shape index (κ1) is 28.6. The van der Waals surface area contributed by atoms with E-state index in [4.69, 9.17) is 9.97 Å². The van der Waals surface area contributed by atoms with Crippen molar-refractivity contribution in [1.82, 2.24) is 9.97 Å². The Morgan fingerprint density at radius 1 is 0.447 bits per heavy atom. The van der Waals surface area contributed by atoms with Crippen molar-refractivity contribution in [2.45, 2.75) is 6.92 Å². The van der Waals surface area contributed by atoms with Gasteiger partial charge in [0.15, 0.2) is 0 Å². The minimum atomic E-state index is 0.948. The highest BCUT2D eigenvalue weighted by atomic mass is 15.1. The molecule has 8 aromatic rings. The quantitative estimate of drug-likeness (QED) is 0.147. The van der Waals surface area contributed by atoms with E-state index in [0.717, 1.165) is 78.0 Å². The van der Waals surface area contributed by atoms with E-state index in [1.165, 1.54) is 5.56 Å². The van der Waals surface area contributed by atoms with Gasteiger partial charge in [0.25, 0.3) is 0 Å². The molecule has 0 aliphatic heterocycles. The molecule has 0 radical (unpaired) electrons. The van der Waals surface area contributed by atoms with Crippen LogP contribution in [0.5, 0.6) is 0 Å². The minimum absolute atomic E-state index is 0.948. The summed E-state index contributed by atoms with van der Waals surface area (Å²) < 4.78 is 4.68. The standard InChI is InChI=1S/C41H36N6/c1-27-22-37-41(47(30-14-10-7-11-15-30)40-25-32(45(4)5)18-21-36(40)43-37)26-33(27)28-16-19-34-38(23-28)46(29-12-8-6-9-13-29)39-24-31(44(2)3)17-20-35(39)42-34/h6-26H,1-5H3/q+2. The molecule has 47 heavy (non-hydrogen) atoms. The molecule has 0 N–H and O–H groups in total. The van der Waals surface area contributed by atoms with Gasteiger partial charge in [0.2, 0.25) is 33.4 Å². The van der Waals surface area contributed by atoms with Crippen molar-refractivity contribution in [2.24, 2.45) is 0 Å². The summed E-state index contributed by atoms with van der Waals surface area (Å²) in [6, 6.07) is 45.3. The van der Waals surface area contributed by atoms with Crippen LogP contribution in [-0.4, -0.2) is 38.2 Å². The van der Waals surface area contributed by atoms with Gasteiger partial charge in [-0.1, -0.05) is 42.5 Å². The lowest BCUT2D eigenvalue weighted by Crippen LogP contribution is -2.33. The molecule has 8 rings (SSSR count). The Kier molecular flexibility index (Phi) is 6.80. The number of hydrogen-bond acceptors (Lipinski definition) is 4. The van der Waals surface area contributed by atoms with Crippen molar-refractivity contribution >= 4 is 55.5 Å². The molecule has 0 spiro atoms. The highest BCUT2D eigenvalue weighted by Crippen LogP contribution is 2.32. The Labute approximate surface area is 274 Å². The van der Waals surface area contributed by atoms with Crippen LogP contribution in [0, 0.1) is 6.92 Å². The van der Waals surface area contributed by atoms with Crippen LogP contribution in [0.25, 0.3) is 66.6 Å². The van der Waals surface area contributed by atoms with E-state index >= 15 is 0 Å². The van der Waals surface area contributed by atoms with Gasteiger partial charge >= 0.3 is 0 Å². The second kappa shape index (κ2) is 11.2. The van der Waals surface area contributed by atoms with Crippen molar-refractivity contribution < 1.29 is 9.13 Å². The second-order valence-corrected chi connectivity index (χ2v) is 12.6. The maximum atomic E-state index is 5.16. The molecular formula is C41H36N6+2. The van der Waals surface area contributed by atoms with Crippen LogP contribution in [-0.2, 0) is 0 Å². The average molecular weight is 613 g/mol. The zero-order valence-electron chi connectivity index (χ0n) is 27.3. The third-order valence-corrected chi connectivity index (χ3v) is 9.03. The van der Waals surface area contributed by atoms with E-state index in [-0.39, 0.29) is 0 Å². The monoisotopic (exact) mass is 612 g/mol. The molecule has 0 bridgehead atoms. The number of rotatable bonds is 5. The summed E-state index contributed by atoms with van der Waals surface area (Å²) in [7, 11) is 8.30. The molecule has 0 saturated carbocycles. The van der Waals surface area contributed by atoms with Gasteiger partial charge in [-0.25, -0.2) is 9.97 Å². The topological polar surface area (TPSA) is 40.0 Å². The van der Waals surface area contributed by atoms with Gasteiger partial charge in [0, 0.05) is 88.1 Å². The molecule has 2 heterocycles. The molecule has 6 aromatic carbocycles. The molecule has 6 nitrogen and oxygen atoms in total. The van der Waals surface area contributed by atoms with Crippen LogP contribution in [0.2, 0.25) is 0 Å². The average Bonchev–Trinajstić information content (AvgIpc) is 3.09. The number of nitrogens with zero attached hydrogens (tertiary/aromatic N) is 6. The minimum Gasteiger partial charge on any atom is -0.377 e. The molecule has 0 amide bonds. The zero-order valence-corrected chi connectivity index (χ0v) is 27.3. The number of para-hydroxylation sites is 2. The third-order valence-electron chi connectivity index (χ3n) is 9.03. The molecule has 0 saturated heterocycles. The SMILES string of the molecule is Cc1cc2nc3ccc(N(C)C)cc3[n+](-c3ccccc3)c2cc1-c1ccc2nc3ccc(N(C)C)cc3[n+](-c3ccccc3)c2c1. The highest BCUT2D eigenvalue weighted by Gasteiger charge is 2.24. The zero-order chi connectivity index (χ0) is 32.2. The van der Waals surface area contributed by atoms with E-state index in [1.54, 1.807) is 0 Å². The smallest absolute Gasteiger partial charge is 0.239 e. The number of anilines is 2. The molecule has 0 atom stereocenters. The largest absolute Gasteiger partial charge is 0.377 e. The van der Waals surface area contributed by atoms with E-state index in [9.17, 15) is 0 Å². The number of aryl methyl sites for hydroxylation is 1. The summed E-state index contributed by atoms with van der Waals surface area (Å²) in [5, 5.41) is 0. The van der Waals surface area contributed by atoms with Gasteiger partial charge in [0.05, 0.1) is 0 Å². The fourth-order valence-corrected chi connectivity index (χ4v) is 6.58. The van der Waals surface area contributed by atoms with E-state index in [0.29, 0.717) is 0 Å². The van der Waals surface area contributed by atoms with Crippen molar-refractivity contribution in [2.75, 3.05) is 38.0 Å². The van der Waals surface area contributed by atoms with E-state index in [1.807, 2.05) is 0 Å². The van der Waals surface area contributed by atoms with Crippen molar-refractivity contribution in [3.8, 4) is 22.5 Å². The van der Waals surface area contributed by atoms with Gasteiger partial charge < -0.3 is 9.80 Å². The maximum absolute atomic E-state index is 5.16. The second-order valence-electron chi connectivity index (χ2n) is 12.6. The van der Waals surface area contributed by atoms with Gasteiger partial charge in [-0.2, -0.15) is 0 Å². The summed E-state index contributed by atoms with van der Waals surface area (Å²) in [6.07, 6.45) is 0. The first-order chi connectivity index (χ1) is 22.9. The third kappa shape index (κ3) is 4.90. The molecule has 6 heteroatoms. The predicted molar refractivity (Wildman–Crippen MR) is 194 cm³/mol. The summed E-state index contributed by atoms with van der Waals surface area (Å²) >= 11 is 0. The van der Waals surface area contributed by atoms with Gasteiger partial charge in [-0.15, -0.1) is 9.13 Å². The van der Waals surface area contributed by atoms with E-state index < -0.39 is 0 Å². The summed E-state index contributed by atoms with van der Waals surface area (Å²) in [5.74, 6) is 0. The lowest BCUT2D eigenvalue weighted by molar-refractivity contribution is -0.538. The van der Waals surface area contributed by atoms with Gasteiger partial charge in [0.1, 0.15) is 22.1 Å². The van der Waals surface area contributed by atoms with Gasteiger partial charge in [-0.05, 0) is 60.0 Å². The maximum Gasteiger partial charge on any atom is 0.239 e. The molecule has 0 aliphatic rings. The summed E-state index contributed by atoms with van der Waals surface area (Å²) in [5.41, 5.74) is 16.0. The predicted octanol–water partition coefficient (Wildman–Crippen LogP) is 7.75. The fourth-order valence-electron chi connectivity index (χ4n) is 6.58. The number of aromatic nitrogens is 4. The van der Waals surface area contributed by atoms with Crippen molar-refractivity contribution in [1.29, 1.82) is 0 Å². The molecule has 0 aliphatic carbocycles. The number of fused-ring (bicyclic) bond motifs is 4. The van der Waals surface area contributed by atoms with E-state index in [2.05, 4.69) is 181 Å². The molecule has 228 valence electrons. The Bertz CT molecular complexity index is 2470. The highest BCUT2D eigenvalue weighted by molar-refractivity contribution is 5.91. The number of hydrogen-bond donors (Lipinski definition) is 0. The lowest BCUT2D eigenvalue weighted by Gasteiger charge is -2.14. The summed E-state index contributed by atoms with van der Waals surface area (Å²) in [6.45, 7) is 2.18. The first-order valence-electron chi connectivity index (χ1n) is 15.9. The Morgan fingerprint density at radius 2 is 0.894 bits per heavy atom. The number of benzene rings is 6. The van der Waals surface area contributed by atoms with Crippen LogP contribution < -0.4 is 18.9 Å². The van der Waals surface area contributed by atoms with Crippen LogP contribution in [0.15, 0.2) is 127 Å². The molecule has 0 unspecified atom stereocenters. The fraction of sp³-hybridized carbons (Fsp3) is 0.122. The van der Waals surface area contributed by atoms with Crippen LogP contribution >= 0.6 is 0 Å². The molecular weight excluding hydrogens is 576 g/mol. The normalized spacial score (nSPS) is 11.5. The van der Waals surface area contributed by atoms with Gasteiger partial charge in [-0.3, -0.25) is 0 Å². The van der Waals surface area contributed by atoms with Crippen molar-refractivity contribution in [3.05, 3.63) is 133 Å². The Hall–Kier alpha value is -5.88. The first-order valence-corrected chi connectivity index (χ1v) is 15.9. The lowest BCUT2D eigenvalue weighted by atomic mass is 9.98. The molecule has 0 fully saturated rings. The van der Waals surface area contributed by atoms with Crippen LogP contribution in [0.4, 0.5) is 11.4 Å². The van der Waals surface area contributed by atoms with Crippen LogP contribution in [0.1, 0.15) is 5.56 Å². The molecule has 2 aromatic heterocycles. The summed E-state index contributed by atoms with van der Waals surface area (Å²) in [4.78, 5) is 14.6. The Morgan fingerprint density at radius 3 is 1.40 bits per heavy atom. The van der Waals surface area contributed by atoms with Crippen molar-refractivity contribution in [3.63, 3.8) is 0 Å². The Balaban J connectivity index is 1.43. The van der Waals surface area contributed by atoms with Crippen LogP contribution in [0.3, 0.4) is 0 Å².